The first-order valence-electron chi connectivity index (χ1n) is 9.39. The molecule has 0 atom stereocenters. The number of ether oxygens (including phenoxy) is 1. The maximum Gasteiger partial charge on any atom is 0.416 e. The Kier molecular flexibility index (Phi) is 5.59. The molecule has 0 saturated carbocycles. The first kappa shape index (κ1) is 21.0. The quantitative estimate of drug-likeness (QED) is 0.472. The van der Waals surface area contributed by atoms with Crippen LogP contribution in [0.5, 0.6) is 11.6 Å². The van der Waals surface area contributed by atoms with Crippen LogP contribution in [0.3, 0.4) is 0 Å². The van der Waals surface area contributed by atoms with Gasteiger partial charge in [0.25, 0.3) is 5.91 Å². The summed E-state index contributed by atoms with van der Waals surface area (Å²) in [5, 5.41) is 6.83. The SMILES string of the molecule is Cc1c(C(=O)Nc2cccc(Oc3cnccn3)c2)cnn1-c1cccc(C(F)(F)F)c1. The Bertz CT molecular complexity index is 1260. The fourth-order valence-corrected chi connectivity index (χ4v) is 3.00. The monoisotopic (exact) mass is 439 g/mol. The summed E-state index contributed by atoms with van der Waals surface area (Å²) in [7, 11) is 0. The second-order valence-electron chi connectivity index (χ2n) is 6.73. The van der Waals surface area contributed by atoms with Gasteiger partial charge in [-0.25, -0.2) is 9.67 Å². The molecule has 162 valence electrons. The van der Waals surface area contributed by atoms with Gasteiger partial charge in [0.1, 0.15) is 5.75 Å². The molecule has 0 saturated heterocycles. The molecule has 0 fully saturated rings. The van der Waals surface area contributed by atoms with Crippen molar-refractivity contribution in [1.29, 1.82) is 0 Å². The number of benzene rings is 2. The van der Waals surface area contributed by atoms with Crippen LogP contribution < -0.4 is 10.1 Å². The number of aromatic nitrogens is 4. The van der Waals surface area contributed by atoms with Gasteiger partial charge in [-0.05, 0) is 37.3 Å². The summed E-state index contributed by atoms with van der Waals surface area (Å²) >= 11 is 0. The molecule has 0 bridgehead atoms. The zero-order valence-electron chi connectivity index (χ0n) is 16.7. The van der Waals surface area contributed by atoms with Gasteiger partial charge < -0.3 is 10.1 Å². The number of halogens is 3. The molecule has 2 aromatic carbocycles. The molecule has 10 heteroatoms. The third-order valence-electron chi connectivity index (χ3n) is 4.53. The van der Waals surface area contributed by atoms with Crippen LogP contribution >= 0.6 is 0 Å². The summed E-state index contributed by atoms with van der Waals surface area (Å²) in [5.74, 6) is 0.284. The van der Waals surface area contributed by atoms with Gasteiger partial charge in [0.2, 0.25) is 5.88 Å². The van der Waals surface area contributed by atoms with Gasteiger partial charge in [-0.1, -0.05) is 12.1 Å². The molecule has 7 nitrogen and oxygen atoms in total. The number of rotatable bonds is 5. The highest BCUT2D eigenvalue weighted by Gasteiger charge is 2.30. The Balaban J connectivity index is 1.53. The predicted molar refractivity (Wildman–Crippen MR) is 110 cm³/mol. The molecule has 1 amide bonds. The summed E-state index contributed by atoms with van der Waals surface area (Å²) in [6.45, 7) is 1.61. The Morgan fingerprint density at radius 1 is 1.06 bits per heavy atom. The van der Waals surface area contributed by atoms with E-state index >= 15 is 0 Å². The van der Waals surface area contributed by atoms with E-state index in [-0.39, 0.29) is 11.3 Å². The van der Waals surface area contributed by atoms with Crippen LogP contribution in [0.1, 0.15) is 21.6 Å². The number of nitrogens with one attached hydrogen (secondary N) is 1. The van der Waals surface area contributed by atoms with Crippen molar-refractivity contribution >= 4 is 11.6 Å². The molecular weight excluding hydrogens is 423 g/mol. The van der Waals surface area contributed by atoms with E-state index in [1.54, 1.807) is 31.2 Å². The Morgan fingerprint density at radius 3 is 2.62 bits per heavy atom. The van der Waals surface area contributed by atoms with Crippen molar-refractivity contribution in [3.63, 3.8) is 0 Å². The van der Waals surface area contributed by atoms with E-state index in [9.17, 15) is 18.0 Å². The number of alkyl halides is 3. The second-order valence-corrected chi connectivity index (χ2v) is 6.73. The highest BCUT2D eigenvalue weighted by Crippen LogP contribution is 2.30. The van der Waals surface area contributed by atoms with Gasteiger partial charge in [0, 0.05) is 24.1 Å². The molecule has 0 radical (unpaired) electrons. The van der Waals surface area contributed by atoms with Gasteiger partial charge in [-0.15, -0.1) is 0 Å². The maximum absolute atomic E-state index is 13.0. The third kappa shape index (κ3) is 4.59. The zero-order chi connectivity index (χ0) is 22.7. The van der Waals surface area contributed by atoms with Gasteiger partial charge in [-0.2, -0.15) is 18.3 Å². The van der Waals surface area contributed by atoms with Crippen LogP contribution in [-0.4, -0.2) is 25.7 Å². The van der Waals surface area contributed by atoms with Gasteiger partial charge in [-0.3, -0.25) is 9.78 Å². The zero-order valence-corrected chi connectivity index (χ0v) is 16.7. The van der Waals surface area contributed by atoms with Gasteiger partial charge >= 0.3 is 6.18 Å². The van der Waals surface area contributed by atoms with Crippen molar-refractivity contribution in [1.82, 2.24) is 19.7 Å². The fourth-order valence-electron chi connectivity index (χ4n) is 3.00. The fraction of sp³-hybridized carbons (Fsp3) is 0.0909. The lowest BCUT2D eigenvalue weighted by atomic mass is 10.2. The molecule has 0 unspecified atom stereocenters. The van der Waals surface area contributed by atoms with Crippen LogP contribution in [-0.2, 0) is 6.18 Å². The maximum atomic E-state index is 13.0. The average molecular weight is 439 g/mol. The molecule has 0 aliphatic rings. The van der Waals surface area contributed by atoms with Crippen LogP contribution in [0.2, 0.25) is 0 Å². The van der Waals surface area contributed by atoms with E-state index in [1.165, 1.54) is 41.6 Å². The Morgan fingerprint density at radius 2 is 1.88 bits per heavy atom. The minimum atomic E-state index is -4.48. The van der Waals surface area contributed by atoms with E-state index in [4.69, 9.17) is 4.74 Å². The van der Waals surface area contributed by atoms with Crippen molar-refractivity contribution in [2.45, 2.75) is 13.1 Å². The highest BCUT2D eigenvalue weighted by atomic mass is 19.4. The van der Waals surface area contributed by atoms with Gasteiger partial charge in [0.05, 0.1) is 34.9 Å². The predicted octanol–water partition coefficient (Wildman–Crippen LogP) is 5.03. The van der Waals surface area contributed by atoms with Crippen molar-refractivity contribution in [3.8, 4) is 17.3 Å². The minimum absolute atomic E-state index is 0.204. The van der Waals surface area contributed by atoms with E-state index in [0.717, 1.165) is 12.1 Å². The number of nitrogens with zero attached hydrogens (tertiary/aromatic N) is 4. The minimum Gasteiger partial charge on any atom is -0.437 e. The van der Waals surface area contributed by atoms with Crippen molar-refractivity contribution in [2.75, 3.05) is 5.32 Å². The highest BCUT2D eigenvalue weighted by molar-refractivity contribution is 6.05. The number of carbonyl (C=O) groups excluding carboxylic acids is 1. The Labute approximate surface area is 180 Å². The van der Waals surface area contributed by atoms with E-state index < -0.39 is 17.6 Å². The van der Waals surface area contributed by atoms with E-state index in [0.29, 0.717) is 23.0 Å². The number of hydrogen-bond donors (Lipinski definition) is 1. The van der Waals surface area contributed by atoms with Crippen molar-refractivity contribution in [2.24, 2.45) is 0 Å². The summed E-state index contributed by atoms with van der Waals surface area (Å²) in [6.07, 6.45) is 1.30. The first-order chi connectivity index (χ1) is 15.3. The van der Waals surface area contributed by atoms with E-state index in [1.807, 2.05) is 0 Å². The molecule has 2 heterocycles. The second kappa shape index (κ2) is 8.50. The number of anilines is 1. The summed E-state index contributed by atoms with van der Waals surface area (Å²) in [4.78, 5) is 20.7. The summed E-state index contributed by atoms with van der Waals surface area (Å²) in [6, 6.07) is 11.4. The molecule has 4 aromatic rings. The Hall–Kier alpha value is -4.21. The lowest BCUT2D eigenvalue weighted by Crippen LogP contribution is -2.13. The smallest absolute Gasteiger partial charge is 0.416 e. The summed E-state index contributed by atoms with van der Waals surface area (Å²) in [5.41, 5.74) is 0.491. The number of amides is 1. The number of hydrogen-bond acceptors (Lipinski definition) is 5. The molecule has 1 N–H and O–H groups in total. The lowest BCUT2D eigenvalue weighted by Gasteiger charge is -2.10. The number of carbonyl (C=O) groups is 1. The van der Waals surface area contributed by atoms with Gasteiger partial charge in [0.15, 0.2) is 0 Å². The van der Waals surface area contributed by atoms with Crippen LogP contribution in [0.25, 0.3) is 5.69 Å². The van der Waals surface area contributed by atoms with Crippen LogP contribution in [0.4, 0.5) is 18.9 Å². The molecule has 0 aliphatic heterocycles. The molecule has 2 aromatic heterocycles. The molecule has 4 rings (SSSR count). The molecular formula is C22H16F3N5O2. The summed E-state index contributed by atoms with van der Waals surface area (Å²) < 4.78 is 45.9. The molecule has 0 spiro atoms. The van der Waals surface area contributed by atoms with Crippen molar-refractivity contribution < 1.29 is 22.7 Å². The third-order valence-corrected chi connectivity index (χ3v) is 4.53. The normalized spacial score (nSPS) is 11.2. The lowest BCUT2D eigenvalue weighted by molar-refractivity contribution is -0.137. The molecule has 0 aliphatic carbocycles. The van der Waals surface area contributed by atoms with Crippen LogP contribution in [0.15, 0.2) is 73.3 Å². The largest absolute Gasteiger partial charge is 0.437 e. The standard InChI is InChI=1S/C22H16F3N5O2/c1-14-19(12-28-30(14)17-6-2-4-15(10-17)22(23,24)25)21(31)29-16-5-3-7-18(11-16)32-20-13-26-8-9-27-20/h2-13H,1H3,(H,29,31). The van der Waals surface area contributed by atoms with Crippen molar-refractivity contribution in [3.05, 3.63) is 90.1 Å². The van der Waals surface area contributed by atoms with Crippen LogP contribution in [0, 0.1) is 6.92 Å². The van der Waals surface area contributed by atoms with E-state index in [2.05, 4.69) is 20.4 Å². The molecule has 32 heavy (non-hydrogen) atoms. The average Bonchev–Trinajstić information content (AvgIpc) is 3.16. The first-order valence-corrected chi connectivity index (χ1v) is 9.39. The topological polar surface area (TPSA) is 81.9 Å².